The van der Waals surface area contributed by atoms with E-state index in [1.165, 1.54) is 0 Å². The second-order valence-corrected chi connectivity index (χ2v) is 6.16. The summed E-state index contributed by atoms with van der Waals surface area (Å²) in [6.07, 6.45) is 1.63. The second-order valence-electron chi connectivity index (χ2n) is 5.63. The zero-order valence-electron chi connectivity index (χ0n) is 12.7. The number of nitrogens with zero attached hydrogens (tertiary/aromatic N) is 1. The van der Waals surface area contributed by atoms with Crippen LogP contribution in [0.1, 0.15) is 34.9 Å². The van der Waals surface area contributed by atoms with Gasteiger partial charge in [0, 0.05) is 6.54 Å². The minimum absolute atomic E-state index is 0.212. The maximum atomic E-state index is 11.2. The van der Waals surface area contributed by atoms with E-state index in [-0.39, 0.29) is 5.38 Å². The lowest BCUT2D eigenvalue weighted by Crippen LogP contribution is -2.37. The molecule has 1 aromatic rings. The van der Waals surface area contributed by atoms with E-state index in [0.717, 1.165) is 35.4 Å². The molecular formula is C16H22ClNO3. The molecule has 2 atom stereocenters. The summed E-state index contributed by atoms with van der Waals surface area (Å²) in [4.78, 5) is 13.2. The van der Waals surface area contributed by atoms with Gasteiger partial charge in [-0.25, -0.2) is 0 Å². The van der Waals surface area contributed by atoms with Gasteiger partial charge in [-0.05, 0) is 62.1 Å². The van der Waals surface area contributed by atoms with Crippen molar-refractivity contribution < 1.29 is 14.6 Å². The summed E-state index contributed by atoms with van der Waals surface area (Å²) >= 11 is 6.59. The molecule has 1 fully saturated rings. The van der Waals surface area contributed by atoms with Crippen LogP contribution in [0.5, 0.6) is 5.75 Å². The Morgan fingerprint density at radius 2 is 2.10 bits per heavy atom. The highest BCUT2D eigenvalue weighted by Crippen LogP contribution is 2.33. The molecule has 4 nitrogen and oxygen atoms in total. The number of likely N-dealkylation sites (tertiary alicyclic amines) is 1. The number of ether oxygens (including phenoxy) is 1. The number of carboxylic acid groups (broad SMARTS) is 1. The van der Waals surface area contributed by atoms with E-state index in [4.69, 9.17) is 16.3 Å². The molecule has 2 rings (SSSR count). The lowest BCUT2D eigenvalue weighted by Gasteiger charge is -2.25. The minimum atomic E-state index is -0.750. The number of alkyl halides is 1. The Kier molecular flexibility index (Phi) is 5.12. The fraction of sp³-hybridized carbons (Fsp3) is 0.562. The number of hydrogen-bond acceptors (Lipinski definition) is 3. The summed E-state index contributed by atoms with van der Waals surface area (Å²) in [6.45, 7) is 5.39. The molecule has 1 saturated heterocycles. The highest BCUT2D eigenvalue weighted by molar-refractivity contribution is 6.21. The van der Waals surface area contributed by atoms with Crippen molar-refractivity contribution in [2.45, 2.75) is 38.1 Å². The molecule has 0 bridgehead atoms. The smallest absolute Gasteiger partial charge is 0.320 e. The number of halogens is 1. The third-order valence-electron chi connectivity index (χ3n) is 4.16. The van der Waals surface area contributed by atoms with Gasteiger partial charge in [-0.3, -0.25) is 9.69 Å². The number of carbonyl (C=O) groups is 1. The van der Waals surface area contributed by atoms with Gasteiger partial charge in [0.15, 0.2) is 0 Å². The first-order chi connectivity index (χ1) is 9.93. The van der Waals surface area contributed by atoms with Crippen LogP contribution < -0.4 is 4.74 Å². The standard InChI is InChI=1S/C16H22ClNO3/c1-10-7-12(21-3)8-11(2)15(10)13(17)9-18-6-4-5-14(18)16(19)20/h7-8,13-14H,4-6,9H2,1-3H3,(H,19,20). The molecule has 0 amide bonds. The van der Waals surface area contributed by atoms with Crippen molar-refractivity contribution in [2.75, 3.05) is 20.2 Å². The Hall–Kier alpha value is -1.26. The minimum Gasteiger partial charge on any atom is -0.497 e. The molecule has 0 saturated carbocycles. The van der Waals surface area contributed by atoms with Crippen LogP contribution in [0.3, 0.4) is 0 Å². The van der Waals surface area contributed by atoms with Gasteiger partial charge < -0.3 is 9.84 Å². The van der Waals surface area contributed by atoms with Crippen molar-refractivity contribution in [1.82, 2.24) is 4.90 Å². The molecule has 0 spiro atoms. The molecule has 1 aliphatic heterocycles. The Morgan fingerprint density at radius 1 is 1.48 bits per heavy atom. The van der Waals surface area contributed by atoms with Gasteiger partial charge in [-0.15, -0.1) is 11.6 Å². The van der Waals surface area contributed by atoms with Crippen LogP contribution >= 0.6 is 11.6 Å². The van der Waals surface area contributed by atoms with Gasteiger partial charge in [0.1, 0.15) is 11.8 Å². The molecule has 2 unspecified atom stereocenters. The highest BCUT2D eigenvalue weighted by Gasteiger charge is 2.32. The van der Waals surface area contributed by atoms with Gasteiger partial charge in [-0.1, -0.05) is 0 Å². The van der Waals surface area contributed by atoms with Crippen molar-refractivity contribution in [3.63, 3.8) is 0 Å². The fourth-order valence-corrected chi connectivity index (χ4v) is 3.69. The molecule has 1 aromatic carbocycles. The van der Waals surface area contributed by atoms with Gasteiger partial charge >= 0.3 is 5.97 Å². The van der Waals surface area contributed by atoms with E-state index in [2.05, 4.69) is 0 Å². The summed E-state index contributed by atoms with van der Waals surface area (Å²) < 4.78 is 5.26. The van der Waals surface area contributed by atoms with Crippen molar-refractivity contribution in [3.8, 4) is 5.75 Å². The van der Waals surface area contributed by atoms with Crippen LogP contribution in [0.25, 0.3) is 0 Å². The highest BCUT2D eigenvalue weighted by atomic mass is 35.5. The molecule has 0 aromatic heterocycles. The maximum Gasteiger partial charge on any atom is 0.320 e. The van der Waals surface area contributed by atoms with E-state index in [9.17, 15) is 9.90 Å². The Morgan fingerprint density at radius 3 is 2.62 bits per heavy atom. The molecule has 21 heavy (non-hydrogen) atoms. The maximum absolute atomic E-state index is 11.2. The second kappa shape index (κ2) is 6.67. The number of benzene rings is 1. The van der Waals surface area contributed by atoms with E-state index in [0.29, 0.717) is 13.0 Å². The molecule has 1 heterocycles. The summed E-state index contributed by atoms with van der Waals surface area (Å²) in [7, 11) is 1.65. The molecule has 1 aliphatic rings. The zero-order valence-corrected chi connectivity index (χ0v) is 13.5. The van der Waals surface area contributed by atoms with Crippen LogP contribution in [0.2, 0.25) is 0 Å². The summed E-state index contributed by atoms with van der Waals surface area (Å²) in [5.74, 6) is 0.0711. The fourth-order valence-electron chi connectivity index (χ4n) is 3.17. The molecule has 0 radical (unpaired) electrons. The quantitative estimate of drug-likeness (QED) is 0.849. The molecular weight excluding hydrogens is 290 g/mol. The molecule has 0 aliphatic carbocycles. The lowest BCUT2D eigenvalue weighted by molar-refractivity contribution is -0.142. The van der Waals surface area contributed by atoms with Crippen LogP contribution in [-0.4, -0.2) is 42.2 Å². The summed E-state index contributed by atoms with van der Waals surface area (Å²) in [5.41, 5.74) is 3.24. The molecule has 1 N–H and O–H groups in total. The van der Waals surface area contributed by atoms with E-state index in [1.807, 2.05) is 30.9 Å². The normalized spacial score (nSPS) is 20.5. The number of rotatable bonds is 5. The van der Waals surface area contributed by atoms with Gasteiger partial charge in [0.25, 0.3) is 0 Å². The third kappa shape index (κ3) is 3.50. The third-order valence-corrected chi connectivity index (χ3v) is 4.52. The first kappa shape index (κ1) is 16.1. The number of carboxylic acids is 1. The first-order valence-electron chi connectivity index (χ1n) is 7.20. The van der Waals surface area contributed by atoms with Crippen molar-refractivity contribution in [2.24, 2.45) is 0 Å². The topological polar surface area (TPSA) is 49.8 Å². The van der Waals surface area contributed by atoms with E-state index < -0.39 is 12.0 Å². The number of hydrogen-bond donors (Lipinski definition) is 1. The van der Waals surface area contributed by atoms with Gasteiger partial charge in [0.2, 0.25) is 0 Å². The van der Waals surface area contributed by atoms with Crippen LogP contribution in [0.15, 0.2) is 12.1 Å². The zero-order chi connectivity index (χ0) is 15.6. The van der Waals surface area contributed by atoms with E-state index >= 15 is 0 Å². The largest absolute Gasteiger partial charge is 0.497 e. The molecule has 5 heteroatoms. The van der Waals surface area contributed by atoms with Crippen molar-refractivity contribution in [3.05, 3.63) is 28.8 Å². The van der Waals surface area contributed by atoms with Crippen molar-refractivity contribution >= 4 is 17.6 Å². The first-order valence-corrected chi connectivity index (χ1v) is 7.63. The Bertz CT molecular complexity index is 509. The van der Waals surface area contributed by atoms with Gasteiger partial charge in [-0.2, -0.15) is 0 Å². The predicted molar refractivity (Wildman–Crippen MR) is 83.3 cm³/mol. The summed E-state index contributed by atoms with van der Waals surface area (Å²) in [6, 6.07) is 3.54. The average Bonchev–Trinajstić information content (AvgIpc) is 2.85. The van der Waals surface area contributed by atoms with Crippen LogP contribution in [0, 0.1) is 13.8 Å². The predicted octanol–water partition coefficient (Wildman–Crippen LogP) is 3.14. The van der Waals surface area contributed by atoms with E-state index in [1.54, 1.807) is 7.11 Å². The number of aliphatic carboxylic acids is 1. The lowest BCUT2D eigenvalue weighted by atomic mass is 9.98. The Labute approximate surface area is 130 Å². The van der Waals surface area contributed by atoms with Crippen LogP contribution in [-0.2, 0) is 4.79 Å². The molecule has 116 valence electrons. The number of methoxy groups -OCH3 is 1. The Balaban J connectivity index is 2.17. The SMILES string of the molecule is COc1cc(C)c(C(Cl)CN2CCCC2C(=O)O)c(C)c1. The number of aryl methyl sites for hydroxylation is 2. The van der Waals surface area contributed by atoms with Crippen LogP contribution in [0.4, 0.5) is 0 Å². The summed E-state index contributed by atoms with van der Waals surface area (Å²) in [5, 5.41) is 9.03. The van der Waals surface area contributed by atoms with Gasteiger partial charge in [0.05, 0.1) is 12.5 Å². The van der Waals surface area contributed by atoms with Crippen molar-refractivity contribution in [1.29, 1.82) is 0 Å². The average molecular weight is 312 g/mol. The monoisotopic (exact) mass is 311 g/mol.